The highest BCUT2D eigenvalue weighted by Gasteiger charge is 2.28. The van der Waals surface area contributed by atoms with Gasteiger partial charge in [-0.2, -0.15) is 0 Å². The van der Waals surface area contributed by atoms with Gasteiger partial charge in [-0.3, -0.25) is 0 Å². The van der Waals surface area contributed by atoms with Gasteiger partial charge in [0.1, 0.15) is 12.2 Å². The molecule has 0 aromatic rings. The minimum atomic E-state index is -0.219. The zero-order valence-electron chi connectivity index (χ0n) is 10.4. The summed E-state index contributed by atoms with van der Waals surface area (Å²) in [4.78, 5) is 0. The van der Waals surface area contributed by atoms with E-state index in [9.17, 15) is 0 Å². The SMILES string of the molecule is C(CC1OCCC(OCC2CO2)O1)OCC1CO1. The lowest BCUT2D eigenvalue weighted by molar-refractivity contribution is -0.288. The zero-order chi connectivity index (χ0) is 12.2. The van der Waals surface area contributed by atoms with Gasteiger partial charge in [0, 0.05) is 12.8 Å². The van der Waals surface area contributed by atoms with Crippen LogP contribution in [0.4, 0.5) is 0 Å². The van der Waals surface area contributed by atoms with Crippen LogP contribution in [-0.2, 0) is 28.4 Å². The number of hydrogen-bond donors (Lipinski definition) is 0. The Morgan fingerprint density at radius 2 is 1.78 bits per heavy atom. The molecular formula is C12H20O6. The minimum absolute atomic E-state index is 0.167. The molecule has 0 spiro atoms. The zero-order valence-corrected chi connectivity index (χ0v) is 10.4. The third-order valence-electron chi connectivity index (χ3n) is 3.04. The normalized spacial score (nSPS) is 38.7. The molecule has 4 unspecified atom stereocenters. The molecule has 3 aliphatic heterocycles. The summed E-state index contributed by atoms with van der Waals surface area (Å²) in [5, 5.41) is 0. The van der Waals surface area contributed by atoms with Crippen LogP contribution < -0.4 is 0 Å². The van der Waals surface area contributed by atoms with Crippen molar-refractivity contribution in [3.05, 3.63) is 0 Å². The van der Waals surface area contributed by atoms with Gasteiger partial charge in [-0.05, 0) is 0 Å². The quantitative estimate of drug-likeness (QED) is 0.462. The molecule has 3 aliphatic rings. The smallest absolute Gasteiger partial charge is 0.163 e. The summed E-state index contributed by atoms with van der Waals surface area (Å²) in [6.07, 6.45) is 1.71. The van der Waals surface area contributed by atoms with Gasteiger partial charge in [0.05, 0.1) is 39.6 Å². The maximum Gasteiger partial charge on any atom is 0.163 e. The summed E-state index contributed by atoms with van der Waals surface area (Å²) in [5.74, 6) is 0. The monoisotopic (exact) mass is 260 g/mol. The van der Waals surface area contributed by atoms with Crippen molar-refractivity contribution < 1.29 is 28.4 Å². The Balaban J connectivity index is 1.26. The first-order valence-corrected chi connectivity index (χ1v) is 6.60. The molecule has 3 heterocycles. The van der Waals surface area contributed by atoms with Crippen molar-refractivity contribution >= 4 is 0 Å². The van der Waals surface area contributed by atoms with E-state index in [2.05, 4.69) is 0 Å². The van der Waals surface area contributed by atoms with Crippen LogP contribution in [0.5, 0.6) is 0 Å². The Kier molecular flexibility index (Phi) is 4.45. The van der Waals surface area contributed by atoms with Crippen molar-refractivity contribution in [1.82, 2.24) is 0 Å². The maximum atomic E-state index is 5.68. The Morgan fingerprint density at radius 3 is 2.56 bits per heavy atom. The predicted octanol–water partition coefficient (Wildman–Crippen LogP) is 0.296. The summed E-state index contributed by atoms with van der Waals surface area (Å²) in [6, 6.07) is 0. The first-order valence-electron chi connectivity index (χ1n) is 6.60. The van der Waals surface area contributed by atoms with Gasteiger partial charge in [-0.1, -0.05) is 0 Å². The van der Waals surface area contributed by atoms with Gasteiger partial charge in [0.15, 0.2) is 12.6 Å². The molecule has 6 heteroatoms. The molecule has 0 saturated carbocycles. The standard InChI is InChI=1S/C12H20O6/c1(3-13-5-9-6-15-9)11-14-4-2-12(18-11)17-8-10-7-16-10/h9-12H,1-8H2. The molecule has 0 aromatic carbocycles. The average molecular weight is 260 g/mol. The first kappa shape index (κ1) is 12.8. The van der Waals surface area contributed by atoms with Crippen LogP contribution in [-0.4, -0.2) is 64.4 Å². The molecule has 3 fully saturated rings. The van der Waals surface area contributed by atoms with Gasteiger partial charge in [0.25, 0.3) is 0 Å². The van der Waals surface area contributed by atoms with E-state index in [-0.39, 0.29) is 18.7 Å². The van der Waals surface area contributed by atoms with Crippen LogP contribution in [0.3, 0.4) is 0 Å². The molecule has 6 nitrogen and oxygen atoms in total. The third-order valence-corrected chi connectivity index (χ3v) is 3.04. The van der Waals surface area contributed by atoms with Gasteiger partial charge in [-0.15, -0.1) is 0 Å². The van der Waals surface area contributed by atoms with Gasteiger partial charge < -0.3 is 28.4 Å². The lowest BCUT2D eigenvalue weighted by Crippen LogP contribution is -2.35. The lowest BCUT2D eigenvalue weighted by atomic mass is 10.3. The Bertz CT molecular complexity index is 253. The van der Waals surface area contributed by atoms with Crippen molar-refractivity contribution in [2.24, 2.45) is 0 Å². The van der Waals surface area contributed by atoms with E-state index in [0.29, 0.717) is 32.5 Å². The van der Waals surface area contributed by atoms with Crippen molar-refractivity contribution in [1.29, 1.82) is 0 Å². The molecule has 0 aliphatic carbocycles. The Labute approximate surface area is 106 Å². The highest BCUT2D eigenvalue weighted by atomic mass is 16.8. The van der Waals surface area contributed by atoms with E-state index in [1.165, 1.54) is 0 Å². The van der Waals surface area contributed by atoms with Crippen LogP contribution in [0.15, 0.2) is 0 Å². The largest absolute Gasteiger partial charge is 0.378 e. The number of rotatable bonds is 8. The van der Waals surface area contributed by atoms with Crippen LogP contribution >= 0.6 is 0 Å². The minimum Gasteiger partial charge on any atom is -0.378 e. The van der Waals surface area contributed by atoms with Crippen LogP contribution in [0.2, 0.25) is 0 Å². The average Bonchev–Trinajstić information content (AvgIpc) is 3.27. The molecule has 0 amide bonds. The topological polar surface area (TPSA) is 62.0 Å². The number of epoxide rings is 2. The van der Waals surface area contributed by atoms with Crippen LogP contribution in [0.25, 0.3) is 0 Å². The molecule has 0 bridgehead atoms. The van der Waals surface area contributed by atoms with Gasteiger partial charge >= 0.3 is 0 Å². The number of ether oxygens (including phenoxy) is 6. The summed E-state index contributed by atoms with van der Waals surface area (Å²) < 4.78 is 32.4. The van der Waals surface area contributed by atoms with Gasteiger partial charge in [-0.25, -0.2) is 0 Å². The highest BCUT2D eigenvalue weighted by molar-refractivity contribution is 4.69. The second-order valence-corrected chi connectivity index (χ2v) is 4.76. The van der Waals surface area contributed by atoms with Crippen molar-refractivity contribution in [2.75, 3.05) is 39.6 Å². The molecule has 0 N–H and O–H groups in total. The molecule has 104 valence electrons. The van der Waals surface area contributed by atoms with E-state index in [4.69, 9.17) is 28.4 Å². The van der Waals surface area contributed by atoms with Gasteiger partial charge in [0.2, 0.25) is 0 Å². The molecule has 3 saturated heterocycles. The van der Waals surface area contributed by atoms with Crippen molar-refractivity contribution in [2.45, 2.75) is 37.6 Å². The summed E-state index contributed by atoms with van der Waals surface area (Å²) >= 11 is 0. The second-order valence-electron chi connectivity index (χ2n) is 4.76. The van der Waals surface area contributed by atoms with E-state index in [0.717, 1.165) is 26.1 Å². The fourth-order valence-electron chi connectivity index (χ4n) is 1.78. The lowest BCUT2D eigenvalue weighted by Gasteiger charge is -2.29. The fraction of sp³-hybridized carbons (Fsp3) is 1.00. The summed E-state index contributed by atoms with van der Waals surface area (Å²) in [7, 11) is 0. The Morgan fingerprint density at radius 1 is 1.00 bits per heavy atom. The van der Waals surface area contributed by atoms with Crippen molar-refractivity contribution in [3.63, 3.8) is 0 Å². The van der Waals surface area contributed by atoms with E-state index < -0.39 is 0 Å². The van der Waals surface area contributed by atoms with Crippen LogP contribution in [0, 0.1) is 0 Å². The molecule has 0 radical (unpaired) electrons. The maximum absolute atomic E-state index is 5.68. The molecule has 3 rings (SSSR count). The first-order chi connectivity index (χ1) is 8.90. The Hall–Kier alpha value is -0.240. The second kappa shape index (κ2) is 6.27. The number of hydrogen-bond acceptors (Lipinski definition) is 6. The molecule has 0 aromatic heterocycles. The molecule has 18 heavy (non-hydrogen) atoms. The van der Waals surface area contributed by atoms with Crippen molar-refractivity contribution in [3.8, 4) is 0 Å². The van der Waals surface area contributed by atoms with E-state index >= 15 is 0 Å². The third kappa shape index (κ3) is 4.46. The fourth-order valence-corrected chi connectivity index (χ4v) is 1.78. The molecule has 4 atom stereocenters. The highest BCUT2D eigenvalue weighted by Crippen LogP contribution is 2.18. The predicted molar refractivity (Wildman–Crippen MR) is 60.1 cm³/mol. The summed E-state index contributed by atoms with van der Waals surface area (Å²) in [5.41, 5.74) is 0. The van der Waals surface area contributed by atoms with Crippen LogP contribution in [0.1, 0.15) is 12.8 Å². The van der Waals surface area contributed by atoms with E-state index in [1.54, 1.807) is 0 Å². The summed E-state index contributed by atoms with van der Waals surface area (Å²) in [6.45, 7) is 4.23. The van der Waals surface area contributed by atoms with E-state index in [1.807, 2.05) is 0 Å². The molecular weight excluding hydrogens is 240 g/mol.